The van der Waals surface area contributed by atoms with E-state index in [0.29, 0.717) is 23.3 Å². The summed E-state index contributed by atoms with van der Waals surface area (Å²) in [6, 6.07) is 3.59. The number of nitrogens with zero attached hydrogens (tertiary/aromatic N) is 2. The molecular weight excluding hydrogens is 284 g/mol. The molecule has 5 heteroatoms. The number of aliphatic hydroxyl groups is 1. The zero-order chi connectivity index (χ0) is 12.4. The molecule has 92 valence electrons. The molecule has 1 fully saturated rings. The number of halogens is 1. The van der Waals surface area contributed by atoms with Gasteiger partial charge in [-0.2, -0.15) is 0 Å². The molecule has 2 atom stereocenters. The zero-order valence-corrected chi connectivity index (χ0v) is 11.2. The fraction of sp³-hybridized carbons (Fsp3) is 0.500. The fourth-order valence-electron chi connectivity index (χ4n) is 2.06. The number of hydrogen-bond donors (Lipinski definition) is 1. The summed E-state index contributed by atoms with van der Waals surface area (Å²) >= 11 is 3.33. The minimum atomic E-state index is -0.361. The van der Waals surface area contributed by atoms with Crippen molar-refractivity contribution in [2.75, 3.05) is 13.1 Å². The van der Waals surface area contributed by atoms with E-state index in [1.807, 2.05) is 6.07 Å². The van der Waals surface area contributed by atoms with E-state index in [-0.39, 0.29) is 17.9 Å². The molecule has 2 unspecified atom stereocenters. The molecule has 1 N–H and O–H groups in total. The lowest BCUT2D eigenvalue weighted by Crippen LogP contribution is -2.31. The monoisotopic (exact) mass is 298 g/mol. The van der Waals surface area contributed by atoms with Crippen molar-refractivity contribution in [3.63, 3.8) is 0 Å². The molecule has 4 nitrogen and oxygen atoms in total. The lowest BCUT2D eigenvalue weighted by molar-refractivity contribution is 0.0756. The second kappa shape index (κ2) is 5.14. The second-order valence-corrected chi connectivity index (χ2v) is 5.23. The van der Waals surface area contributed by atoms with Crippen LogP contribution in [0.1, 0.15) is 23.8 Å². The van der Waals surface area contributed by atoms with Crippen LogP contribution >= 0.6 is 15.9 Å². The molecule has 1 aliphatic heterocycles. The van der Waals surface area contributed by atoms with E-state index in [0.717, 1.165) is 6.42 Å². The van der Waals surface area contributed by atoms with Crippen LogP contribution in [0, 0.1) is 5.92 Å². The van der Waals surface area contributed by atoms with Gasteiger partial charge in [-0.3, -0.25) is 4.79 Å². The van der Waals surface area contributed by atoms with E-state index in [1.54, 1.807) is 24.1 Å². The highest BCUT2D eigenvalue weighted by molar-refractivity contribution is 9.10. The van der Waals surface area contributed by atoms with E-state index in [2.05, 4.69) is 20.9 Å². The predicted molar refractivity (Wildman–Crippen MR) is 67.6 cm³/mol. The first kappa shape index (κ1) is 12.5. The van der Waals surface area contributed by atoms with E-state index >= 15 is 0 Å². The van der Waals surface area contributed by atoms with Gasteiger partial charge >= 0.3 is 0 Å². The molecule has 0 spiro atoms. The molecule has 0 aliphatic carbocycles. The standard InChI is InChI=1S/C12H15BrN2O2/c1-8(16)9-4-6-15(7-9)12(17)11-10(13)3-2-5-14-11/h2-3,5,8-9,16H,4,6-7H2,1H3. The summed E-state index contributed by atoms with van der Waals surface area (Å²) in [6.07, 6.45) is 2.11. The number of hydrogen-bond acceptors (Lipinski definition) is 3. The van der Waals surface area contributed by atoms with Crippen LogP contribution in [-0.4, -0.2) is 40.1 Å². The van der Waals surface area contributed by atoms with Crippen LogP contribution in [0.25, 0.3) is 0 Å². The smallest absolute Gasteiger partial charge is 0.273 e. The number of aliphatic hydroxyl groups excluding tert-OH is 1. The van der Waals surface area contributed by atoms with Crippen molar-refractivity contribution in [2.24, 2.45) is 5.92 Å². The topological polar surface area (TPSA) is 53.4 Å². The lowest BCUT2D eigenvalue weighted by atomic mass is 10.0. The Kier molecular flexibility index (Phi) is 3.79. The molecule has 2 rings (SSSR count). The van der Waals surface area contributed by atoms with Gasteiger partial charge < -0.3 is 10.0 Å². The first-order valence-electron chi connectivity index (χ1n) is 5.67. The van der Waals surface area contributed by atoms with Crippen LogP contribution in [0.2, 0.25) is 0 Å². The number of aromatic nitrogens is 1. The van der Waals surface area contributed by atoms with Crippen molar-refractivity contribution in [1.29, 1.82) is 0 Å². The van der Waals surface area contributed by atoms with Gasteiger partial charge in [0.1, 0.15) is 5.69 Å². The average Bonchev–Trinajstić information content (AvgIpc) is 2.78. The normalized spacial score (nSPS) is 21.6. The number of rotatable bonds is 2. The minimum absolute atomic E-state index is 0.0689. The third-order valence-electron chi connectivity index (χ3n) is 3.16. The molecule has 2 heterocycles. The van der Waals surface area contributed by atoms with Crippen molar-refractivity contribution in [2.45, 2.75) is 19.4 Å². The number of carbonyl (C=O) groups excluding carboxylic acids is 1. The molecule has 17 heavy (non-hydrogen) atoms. The summed E-state index contributed by atoms with van der Waals surface area (Å²) in [6.45, 7) is 3.08. The quantitative estimate of drug-likeness (QED) is 0.904. The summed E-state index contributed by atoms with van der Waals surface area (Å²) in [5, 5.41) is 9.51. The van der Waals surface area contributed by atoms with Gasteiger partial charge in [0.2, 0.25) is 0 Å². The van der Waals surface area contributed by atoms with Crippen molar-refractivity contribution in [1.82, 2.24) is 9.88 Å². The molecule has 0 bridgehead atoms. The van der Waals surface area contributed by atoms with Crippen molar-refractivity contribution >= 4 is 21.8 Å². The fourth-order valence-corrected chi connectivity index (χ4v) is 2.48. The number of carbonyl (C=O) groups is 1. The van der Waals surface area contributed by atoms with Gasteiger partial charge in [-0.15, -0.1) is 0 Å². The Balaban J connectivity index is 2.10. The number of likely N-dealkylation sites (tertiary alicyclic amines) is 1. The van der Waals surface area contributed by atoms with Gasteiger partial charge in [-0.05, 0) is 41.4 Å². The molecule has 1 aromatic heterocycles. The Morgan fingerprint density at radius 2 is 2.47 bits per heavy atom. The minimum Gasteiger partial charge on any atom is -0.393 e. The molecule has 1 aromatic rings. The Morgan fingerprint density at radius 1 is 1.71 bits per heavy atom. The van der Waals surface area contributed by atoms with Crippen LogP contribution in [0.5, 0.6) is 0 Å². The van der Waals surface area contributed by atoms with Gasteiger partial charge in [0.05, 0.1) is 6.10 Å². The summed E-state index contributed by atoms with van der Waals surface area (Å²) in [5.41, 5.74) is 0.443. The Morgan fingerprint density at radius 3 is 3.06 bits per heavy atom. The van der Waals surface area contributed by atoms with Crippen LogP contribution < -0.4 is 0 Å². The van der Waals surface area contributed by atoms with Crippen molar-refractivity contribution in [3.8, 4) is 0 Å². The largest absolute Gasteiger partial charge is 0.393 e. The molecular formula is C12H15BrN2O2. The molecule has 1 amide bonds. The second-order valence-electron chi connectivity index (χ2n) is 4.37. The maximum atomic E-state index is 12.2. The highest BCUT2D eigenvalue weighted by Crippen LogP contribution is 2.23. The molecule has 1 aliphatic rings. The lowest BCUT2D eigenvalue weighted by Gasteiger charge is -2.17. The van der Waals surface area contributed by atoms with E-state index in [1.165, 1.54) is 0 Å². The van der Waals surface area contributed by atoms with Crippen LogP contribution in [0.4, 0.5) is 0 Å². The first-order chi connectivity index (χ1) is 8.09. The Labute approximate surface area is 109 Å². The predicted octanol–water partition coefficient (Wildman–Crippen LogP) is 1.69. The van der Waals surface area contributed by atoms with E-state index in [4.69, 9.17) is 0 Å². The summed E-state index contributed by atoms with van der Waals surface area (Å²) in [5.74, 6) is 0.113. The van der Waals surface area contributed by atoms with Crippen LogP contribution in [0.15, 0.2) is 22.8 Å². The molecule has 1 saturated heterocycles. The number of amides is 1. The van der Waals surface area contributed by atoms with Crippen molar-refractivity contribution < 1.29 is 9.90 Å². The van der Waals surface area contributed by atoms with Gasteiger partial charge in [0.25, 0.3) is 5.91 Å². The van der Waals surface area contributed by atoms with E-state index < -0.39 is 0 Å². The number of pyridine rings is 1. The summed E-state index contributed by atoms with van der Waals surface area (Å²) in [4.78, 5) is 18.0. The van der Waals surface area contributed by atoms with E-state index in [9.17, 15) is 9.90 Å². The Bertz CT molecular complexity index is 423. The SMILES string of the molecule is CC(O)C1CCN(C(=O)c2ncccc2Br)C1. The van der Waals surface area contributed by atoms with Gasteiger partial charge in [0.15, 0.2) is 0 Å². The molecule has 0 radical (unpaired) electrons. The molecule has 0 aromatic carbocycles. The maximum Gasteiger partial charge on any atom is 0.273 e. The third-order valence-corrected chi connectivity index (χ3v) is 3.80. The zero-order valence-electron chi connectivity index (χ0n) is 9.64. The average molecular weight is 299 g/mol. The maximum absolute atomic E-state index is 12.2. The third kappa shape index (κ3) is 2.66. The molecule has 0 saturated carbocycles. The van der Waals surface area contributed by atoms with Gasteiger partial charge in [-0.1, -0.05) is 0 Å². The Hall–Kier alpha value is -0.940. The highest BCUT2D eigenvalue weighted by Gasteiger charge is 2.30. The summed E-state index contributed by atoms with van der Waals surface area (Å²) in [7, 11) is 0. The van der Waals surface area contributed by atoms with Gasteiger partial charge in [-0.25, -0.2) is 4.98 Å². The van der Waals surface area contributed by atoms with Crippen molar-refractivity contribution in [3.05, 3.63) is 28.5 Å². The summed E-state index contributed by atoms with van der Waals surface area (Å²) < 4.78 is 0.713. The van der Waals surface area contributed by atoms with Crippen LogP contribution in [-0.2, 0) is 0 Å². The van der Waals surface area contributed by atoms with Crippen LogP contribution in [0.3, 0.4) is 0 Å². The highest BCUT2D eigenvalue weighted by atomic mass is 79.9. The van der Waals surface area contributed by atoms with Gasteiger partial charge in [0, 0.05) is 29.7 Å². The first-order valence-corrected chi connectivity index (χ1v) is 6.46.